The van der Waals surface area contributed by atoms with Crippen molar-refractivity contribution in [3.8, 4) is 5.75 Å². The van der Waals surface area contributed by atoms with Gasteiger partial charge in [0.05, 0.1) is 11.8 Å². The van der Waals surface area contributed by atoms with E-state index in [1.807, 2.05) is 0 Å². The van der Waals surface area contributed by atoms with E-state index in [9.17, 15) is 19.8 Å². The topological polar surface area (TPSA) is 104 Å². The number of Topliss-reactive ketones (excluding diaryl/α,β-unsaturated/α-hetero) is 1. The second-order valence-electron chi connectivity index (χ2n) is 5.52. The number of rotatable bonds is 4. The summed E-state index contributed by atoms with van der Waals surface area (Å²) in [5.74, 6) is -2.20. The van der Waals surface area contributed by atoms with Gasteiger partial charge in [-0.15, -0.1) is 11.3 Å². The standard InChI is InChI=1S/C18H12N2O5S/c21-11-5-2-1-4-10(11)14-13(15(22)12-6-3-8-25-12)16(23)17(24)20(14)18-19-7-9-26-18/h1-9,14,21,23H/t14-/m0/s1. The van der Waals surface area contributed by atoms with E-state index in [0.717, 1.165) is 0 Å². The first-order valence-electron chi connectivity index (χ1n) is 7.62. The van der Waals surface area contributed by atoms with Gasteiger partial charge in [-0.25, -0.2) is 4.98 Å². The molecule has 4 rings (SSSR count). The van der Waals surface area contributed by atoms with E-state index in [4.69, 9.17) is 4.42 Å². The van der Waals surface area contributed by atoms with E-state index in [2.05, 4.69) is 4.98 Å². The number of aliphatic hydroxyl groups is 1. The van der Waals surface area contributed by atoms with Gasteiger partial charge >= 0.3 is 0 Å². The summed E-state index contributed by atoms with van der Waals surface area (Å²) in [6.45, 7) is 0. The molecule has 8 heteroatoms. The average Bonchev–Trinajstić information content (AvgIpc) is 3.37. The largest absolute Gasteiger partial charge is 0.508 e. The molecule has 2 aromatic heterocycles. The maximum atomic E-state index is 12.9. The summed E-state index contributed by atoms with van der Waals surface area (Å²) in [6.07, 6.45) is 2.84. The first-order valence-corrected chi connectivity index (χ1v) is 8.50. The van der Waals surface area contributed by atoms with Crippen molar-refractivity contribution in [2.45, 2.75) is 6.04 Å². The van der Waals surface area contributed by atoms with Gasteiger partial charge in [-0.2, -0.15) is 0 Å². The fraction of sp³-hybridized carbons (Fsp3) is 0.0556. The van der Waals surface area contributed by atoms with E-state index in [1.165, 1.54) is 46.9 Å². The molecule has 0 bridgehead atoms. The molecule has 0 fully saturated rings. The molecular formula is C18H12N2O5S. The molecule has 26 heavy (non-hydrogen) atoms. The van der Waals surface area contributed by atoms with Crippen molar-refractivity contribution in [3.05, 3.63) is 76.9 Å². The van der Waals surface area contributed by atoms with E-state index in [0.29, 0.717) is 10.7 Å². The molecule has 0 saturated heterocycles. The highest BCUT2D eigenvalue weighted by Crippen LogP contribution is 2.44. The Morgan fingerprint density at radius 1 is 1.19 bits per heavy atom. The Hall–Kier alpha value is -3.39. The van der Waals surface area contributed by atoms with Crippen LogP contribution in [0.1, 0.15) is 22.2 Å². The number of carbonyl (C=O) groups excluding carboxylic acids is 2. The number of furan rings is 1. The number of aliphatic hydroxyl groups excluding tert-OH is 1. The zero-order chi connectivity index (χ0) is 18.3. The Morgan fingerprint density at radius 2 is 2.00 bits per heavy atom. The van der Waals surface area contributed by atoms with Gasteiger partial charge in [0.2, 0.25) is 5.78 Å². The zero-order valence-corrected chi connectivity index (χ0v) is 14.0. The van der Waals surface area contributed by atoms with Crippen molar-refractivity contribution in [3.63, 3.8) is 0 Å². The Bertz CT molecular complexity index is 1010. The second kappa shape index (κ2) is 6.16. The number of aromatic hydroxyl groups is 1. The summed E-state index contributed by atoms with van der Waals surface area (Å²) < 4.78 is 5.13. The number of hydrogen-bond donors (Lipinski definition) is 2. The SMILES string of the molecule is O=C(C1=C(O)C(=O)N(c2nccs2)[C@H]1c1ccccc1O)c1ccco1. The van der Waals surface area contributed by atoms with Gasteiger partial charge in [-0.3, -0.25) is 14.5 Å². The second-order valence-corrected chi connectivity index (χ2v) is 6.39. The minimum absolute atomic E-state index is 0.0132. The highest BCUT2D eigenvalue weighted by molar-refractivity contribution is 7.13. The van der Waals surface area contributed by atoms with Crippen molar-refractivity contribution in [1.29, 1.82) is 0 Å². The van der Waals surface area contributed by atoms with Crippen LogP contribution < -0.4 is 4.90 Å². The lowest BCUT2D eigenvalue weighted by molar-refractivity contribution is -0.117. The van der Waals surface area contributed by atoms with Crippen LogP contribution in [-0.4, -0.2) is 26.9 Å². The van der Waals surface area contributed by atoms with Crippen LogP contribution in [0.4, 0.5) is 5.13 Å². The Morgan fingerprint density at radius 3 is 2.65 bits per heavy atom. The summed E-state index contributed by atoms with van der Waals surface area (Å²) in [4.78, 5) is 30.9. The molecule has 3 heterocycles. The minimum Gasteiger partial charge on any atom is -0.508 e. The van der Waals surface area contributed by atoms with Crippen molar-refractivity contribution in [1.82, 2.24) is 4.98 Å². The molecule has 7 nitrogen and oxygen atoms in total. The van der Waals surface area contributed by atoms with Crippen LogP contribution in [0, 0.1) is 0 Å². The minimum atomic E-state index is -1.02. The first-order chi connectivity index (χ1) is 12.6. The molecule has 0 aliphatic carbocycles. The number of anilines is 1. The van der Waals surface area contributed by atoms with Gasteiger partial charge in [-0.05, 0) is 18.2 Å². The number of phenols is 1. The fourth-order valence-corrected chi connectivity index (χ4v) is 3.59. The molecule has 1 aliphatic heterocycles. The predicted molar refractivity (Wildman–Crippen MR) is 93.1 cm³/mol. The molecule has 1 aromatic carbocycles. The number of amides is 1. The molecule has 2 N–H and O–H groups in total. The van der Waals surface area contributed by atoms with Crippen LogP contribution in [0.15, 0.2) is 70.0 Å². The Balaban J connectivity index is 1.91. The van der Waals surface area contributed by atoms with Crippen LogP contribution in [0.3, 0.4) is 0 Å². The highest BCUT2D eigenvalue weighted by Gasteiger charge is 2.47. The maximum Gasteiger partial charge on any atom is 0.296 e. The number of carbonyl (C=O) groups is 2. The van der Waals surface area contributed by atoms with Gasteiger partial charge in [0.1, 0.15) is 11.8 Å². The van der Waals surface area contributed by atoms with Gasteiger partial charge in [0, 0.05) is 17.1 Å². The third-order valence-corrected chi connectivity index (χ3v) is 4.83. The Kier molecular flexibility index (Phi) is 3.81. The number of nitrogens with zero attached hydrogens (tertiary/aromatic N) is 2. The van der Waals surface area contributed by atoms with Crippen LogP contribution >= 0.6 is 11.3 Å². The summed E-state index contributed by atoms with van der Waals surface area (Å²) >= 11 is 1.18. The molecule has 0 radical (unpaired) electrons. The number of thiazole rings is 1. The van der Waals surface area contributed by atoms with Crippen LogP contribution in [0.2, 0.25) is 0 Å². The van der Waals surface area contributed by atoms with Gasteiger partial charge in [-0.1, -0.05) is 18.2 Å². The molecule has 1 amide bonds. The predicted octanol–water partition coefficient (Wildman–Crippen LogP) is 3.22. The molecular weight excluding hydrogens is 356 g/mol. The third-order valence-electron chi connectivity index (χ3n) is 4.05. The highest BCUT2D eigenvalue weighted by atomic mass is 32.1. The van der Waals surface area contributed by atoms with Gasteiger partial charge < -0.3 is 14.6 Å². The molecule has 3 aromatic rings. The quantitative estimate of drug-likeness (QED) is 0.685. The maximum absolute atomic E-state index is 12.9. The van der Waals surface area contributed by atoms with Crippen LogP contribution in [-0.2, 0) is 4.79 Å². The van der Waals surface area contributed by atoms with E-state index < -0.39 is 23.5 Å². The number of benzene rings is 1. The molecule has 0 saturated carbocycles. The molecule has 0 unspecified atom stereocenters. The zero-order valence-electron chi connectivity index (χ0n) is 13.2. The molecule has 1 atom stereocenters. The summed E-state index contributed by atoms with van der Waals surface area (Å²) in [5.41, 5.74) is 0.136. The molecule has 0 spiro atoms. The summed E-state index contributed by atoms with van der Waals surface area (Å²) in [5, 5.41) is 22.7. The number of phenolic OH excluding ortho intramolecular Hbond substituents is 1. The lowest BCUT2D eigenvalue weighted by Crippen LogP contribution is -2.31. The molecule has 130 valence electrons. The first kappa shape index (κ1) is 16.1. The van der Waals surface area contributed by atoms with Crippen molar-refractivity contribution in [2.24, 2.45) is 0 Å². The van der Waals surface area contributed by atoms with Crippen molar-refractivity contribution < 1.29 is 24.2 Å². The lowest BCUT2D eigenvalue weighted by Gasteiger charge is -2.24. The lowest BCUT2D eigenvalue weighted by atomic mass is 9.94. The Labute approximate surface area is 151 Å². The number of para-hydroxylation sites is 1. The van der Waals surface area contributed by atoms with Crippen molar-refractivity contribution >= 4 is 28.2 Å². The third kappa shape index (κ3) is 2.39. The average molecular weight is 368 g/mol. The van der Waals surface area contributed by atoms with E-state index in [1.54, 1.807) is 23.6 Å². The smallest absolute Gasteiger partial charge is 0.296 e. The van der Waals surface area contributed by atoms with Crippen LogP contribution in [0.25, 0.3) is 0 Å². The molecule has 1 aliphatic rings. The monoisotopic (exact) mass is 368 g/mol. The summed E-state index contributed by atoms with van der Waals surface area (Å²) in [7, 11) is 0. The van der Waals surface area contributed by atoms with Gasteiger partial charge in [0.15, 0.2) is 16.7 Å². The van der Waals surface area contributed by atoms with E-state index in [-0.39, 0.29) is 17.1 Å². The van der Waals surface area contributed by atoms with E-state index >= 15 is 0 Å². The van der Waals surface area contributed by atoms with Gasteiger partial charge in [0.25, 0.3) is 5.91 Å². The fourth-order valence-electron chi connectivity index (χ4n) is 2.92. The van der Waals surface area contributed by atoms with Crippen molar-refractivity contribution in [2.75, 3.05) is 4.90 Å². The number of ketones is 1. The summed E-state index contributed by atoms with van der Waals surface area (Å²) in [6, 6.07) is 8.29. The number of hydrogen-bond acceptors (Lipinski definition) is 7. The normalized spacial score (nSPS) is 17.2. The number of aromatic nitrogens is 1. The van der Waals surface area contributed by atoms with Crippen LogP contribution in [0.5, 0.6) is 5.75 Å².